The monoisotopic (exact) mass is 214 g/mol. The van der Waals surface area contributed by atoms with E-state index in [0.29, 0.717) is 11.7 Å². The van der Waals surface area contributed by atoms with Gasteiger partial charge in [0, 0.05) is 17.8 Å². The van der Waals surface area contributed by atoms with Gasteiger partial charge in [-0.15, -0.1) is 0 Å². The molecule has 2 aromatic heterocycles. The van der Waals surface area contributed by atoms with Gasteiger partial charge < -0.3 is 5.73 Å². The first kappa shape index (κ1) is 9.39. The zero-order valence-corrected chi connectivity index (χ0v) is 8.98. The van der Waals surface area contributed by atoms with Crippen LogP contribution in [0, 0.1) is 0 Å². The van der Waals surface area contributed by atoms with E-state index in [0.717, 1.165) is 17.0 Å². The number of nitrogens with one attached hydrogen (secondary N) is 1. The van der Waals surface area contributed by atoms with Gasteiger partial charge >= 0.3 is 0 Å². The number of aromatic nitrogens is 3. The van der Waals surface area contributed by atoms with E-state index in [1.54, 1.807) is 6.20 Å². The van der Waals surface area contributed by atoms with Crippen LogP contribution in [0.4, 0.5) is 5.82 Å². The van der Waals surface area contributed by atoms with Crippen molar-refractivity contribution in [3.8, 4) is 11.3 Å². The highest BCUT2D eigenvalue weighted by molar-refractivity contribution is 5.74. The van der Waals surface area contributed by atoms with E-state index in [1.165, 1.54) is 19.3 Å². The summed E-state index contributed by atoms with van der Waals surface area (Å²) >= 11 is 0. The smallest absolute Gasteiger partial charge is 0.154 e. The summed E-state index contributed by atoms with van der Waals surface area (Å²) in [6, 6.07) is 5.85. The molecule has 4 nitrogen and oxygen atoms in total. The molecule has 4 heteroatoms. The highest BCUT2D eigenvalue weighted by atomic mass is 15.2. The van der Waals surface area contributed by atoms with Gasteiger partial charge in [0.15, 0.2) is 5.82 Å². The van der Waals surface area contributed by atoms with Crippen molar-refractivity contribution in [3.05, 3.63) is 30.1 Å². The summed E-state index contributed by atoms with van der Waals surface area (Å²) in [7, 11) is 0. The third-order valence-electron chi connectivity index (χ3n) is 3.26. The van der Waals surface area contributed by atoms with Gasteiger partial charge in [0.05, 0.1) is 11.3 Å². The van der Waals surface area contributed by atoms with Gasteiger partial charge in [0.1, 0.15) is 0 Å². The van der Waals surface area contributed by atoms with E-state index in [9.17, 15) is 0 Å². The maximum absolute atomic E-state index is 5.91. The Morgan fingerprint density at radius 1 is 1.31 bits per heavy atom. The normalized spacial score (nSPS) is 16.0. The van der Waals surface area contributed by atoms with E-state index in [1.807, 2.05) is 18.2 Å². The van der Waals surface area contributed by atoms with Crippen molar-refractivity contribution in [3.63, 3.8) is 0 Å². The van der Waals surface area contributed by atoms with E-state index in [-0.39, 0.29) is 0 Å². The van der Waals surface area contributed by atoms with Crippen LogP contribution in [0.15, 0.2) is 24.4 Å². The number of hydrogen-bond donors (Lipinski definition) is 2. The molecule has 1 aliphatic rings. The molecule has 0 bridgehead atoms. The molecule has 0 saturated heterocycles. The number of aromatic amines is 1. The lowest BCUT2D eigenvalue weighted by Gasteiger charge is -2.24. The SMILES string of the molecule is Nc1n[nH]c(C2CCC2)c1-c1ccccn1. The summed E-state index contributed by atoms with van der Waals surface area (Å²) in [6.07, 6.45) is 5.53. The van der Waals surface area contributed by atoms with Crippen LogP contribution in [0.1, 0.15) is 30.9 Å². The van der Waals surface area contributed by atoms with Gasteiger partial charge in [0.2, 0.25) is 0 Å². The molecule has 0 aliphatic heterocycles. The van der Waals surface area contributed by atoms with Crippen molar-refractivity contribution in [2.75, 3.05) is 5.73 Å². The summed E-state index contributed by atoms with van der Waals surface area (Å²) < 4.78 is 0. The fourth-order valence-electron chi connectivity index (χ4n) is 2.14. The Morgan fingerprint density at radius 3 is 2.81 bits per heavy atom. The lowest BCUT2D eigenvalue weighted by molar-refractivity contribution is 0.411. The lowest BCUT2D eigenvalue weighted by atomic mass is 9.81. The minimum Gasteiger partial charge on any atom is -0.382 e. The Hall–Kier alpha value is -1.84. The molecule has 0 spiro atoms. The van der Waals surface area contributed by atoms with E-state index >= 15 is 0 Å². The Morgan fingerprint density at radius 2 is 2.19 bits per heavy atom. The van der Waals surface area contributed by atoms with Gasteiger partial charge in [-0.2, -0.15) is 5.10 Å². The topological polar surface area (TPSA) is 67.6 Å². The molecule has 0 amide bonds. The van der Waals surface area contributed by atoms with Crippen LogP contribution in [0.5, 0.6) is 0 Å². The van der Waals surface area contributed by atoms with Crippen LogP contribution in [-0.4, -0.2) is 15.2 Å². The summed E-state index contributed by atoms with van der Waals surface area (Å²) in [4.78, 5) is 4.34. The van der Waals surface area contributed by atoms with Gasteiger partial charge in [-0.25, -0.2) is 0 Å². The van der Waals surface area contributed by atoms with Crippen molar-refractivity contribution < 1.29 is 0 Å². The van der Waals surface area contributed by atoms with Gasteiger partial charge in [-0.1, -0.05) is 12.5 Å². The molecule has 2 heterocycles. The van der Waals surface area contributed by atoms with Crippen LogP contribution >= 0.6 is 0 Å². The molecule has 16 heavy (non-hydrogen) atoms. The zero-order chi connectivity index (χ0) is 11.0. The number of hydrogen-bond acceptors (Lipinski definition) is 3. The Balaban J connectivity index is 2.08. The molecule has 1 saturated carbocycles. The molecule has 0 radical (unpaired) electrons. The van der Waals surface area contributed by atoms with Crippen LogP contribution in [0.2, 0.25) is 0 Å². The first-order valence-electron chi connectivity index (χ1n) is 5.61. The molecule has 0 unspecified atom stereocenters. The summed E-state index contributed by atoms with van der Waals surface area (Å²) in [6.45, 7) is 0. The quantitative estimate of drug-likeness (QED) is 0.806. The van der Waals surface area contributed by atoms with Crippen molar-refractivity contribution in [1.82, 2.24) is 15.2 Å². The summed E-state index contributed by atoms with van der Waals surface area (Å²) in [5.74, 6) is 1.14. The fraction of sp³-hybridized carbons (Fsp3) is 0.333. The predicted octanol–water partition coefficient (Wildman–Crippen LogP) is 2.32. The highest BCUT2D eigenvalue weighted by Gasteiger charge is 2.26. The van der Waals surface area contributed by atoms with Crippen molar-refractivity contribution in [1.29, 1.82) is 0 Å². The van der Waals surface area contributed by atoms with Crippen LogP contribution in [0.3, 0.4) is 0 Å². The van der Waals surface area contributed by atoms with Gasteiger partial charge in [0.25, 0.3) is 0 Å². The molecule has 2 aromatic rings. The standard InChI is InChI=1S/C12H14N4/c13-12-10(9-6-1-2-7-14-9)11(15-16-12)8-4-3-5-8/h1-2,6-8H,3-5H2,(H3,13,15,16). The molecule has 1 aliphatic carbocycles. The summed E-state index contributed by atoms with van der Waals surface area (Å²) in [5, 5.41) is 7.17. The molecular weight excluding hydrogens is 200 g/mol. The van der Waals surface area contributed by atoms with Crippen LogP contribution in [0.25, 0.3) is 11.3 Å². The van der Waals surface area contributed by atoms with Gasteiger partial charge in [-0.3, -0.25) is 10.1 Å². The molecule has 82 valence electrons. The number of H-pyrrole nitrogens is 1. The van der Waals surface area contributed by atoms with Crippen LogP contribution in [-0.2, 0) is 0 Å². The summed E-state index contributed by atoms with van der Waals surface area (Å²) in [5.41, 5.74) is 8.97. The average molecular weight is 214 g/mol. The molecule has 1 fully saturated rings. The first-order chi connectivity index (χ1) is 7.86. The Labute approximate surface area is 93.9 Å². The zero-order valence-electron chi connectivity index (χ0n) is 8.98. The lowest BCUT2D eigenvalue weighted by Crippen LogP contribution is -2.10. The average Bonchev–Trinajstić information content (AvgIpc) is 2.59. The van der Waals surface area contributed by atoms with Crippen molar-refractivity contribution in [2.24, 2.45) is 0 Å². The van der Waals surface area contributed by atoms with E-state index in [2.05, 4.69) is 15.2 Å². The number of pyridine rings is 1. The maximum atomic E-state index is 5.91. The van der Waals surface area contributed by atoms with Crippen molar-refractivity contribution in [2.45, 2.75) is 25.2 Å². The first-order valence-corrected chi connectivity index (χ1v) is 5.61. The van der Waals surface area contributed by atoms with Crippen LogP contribution < -0.4 is 5.73 Å². The molecule has 3 N–H and O–H groups in total. The molecule has 0 aromatic carbocycles. The second kappa shape index (κ2) is 3.63. The number of nitrogen functional groups attached to an aromatic ring is 1. The molecule has 3 rings (SSSR count). The van der Waals surface area contributed by atoms with Gasteiger partial charge in [-0.05, 0) is 25.0 Å². The maximum Gasteiger partial charge on any atom is 0.154 e. The fourth-order valence-corrected chi connectivity index (χ4v) is 2.14. The minimum atomic E-state index is 0.556. The Kier molecular flexibility index (Phi) is 2.13. The molecular formula is C12H14N4. The minimum absolute atomic E-state index is 0.556. The second-order valence-corrected chi connectivity index (χ2v) is 4.24. The second-order valence-electron chi connectivity index (χ2n) is 4.24. The third-order valence-corrected chi connectivity index (χ3v) is 3.26. The number of nitrogens with zero attached hydrogens (tertiary/aromatic N) is 2. The Bertz CT molecular complexity index is 485. The molecule has 0 atom stereocenters. The third kappa shape index (κ3) is 1.38. The van der Waals surface area contributed by atoms with E-state index < -0.39 is 0 Å². The highest BCUT2D eigenvalue weighted by Crippen LogP contribution is 2.41. The number of anilines is 1. The van der Waals surface area contributed by atoms with E-state index in [4.69, 9.17) is 5.73 Å². The number of rotatable bonds is 2. The largest absolute Gasteiger partial charge is 0.382 e. The number of nitrogens with two attached hydrogens (primary N) is 1. The van der Waals surface area contributed by atoms with Crippen molar-refractivity contribution >= 4 is 5.82 Å². The predicted molar refractivity (Wildman–Crippen MR) is 62.8 cm³/mol.